The molecule has 0 amide bonds. The summed E-state index contributed by atoms with van der Waals surface area (Å²) in [6.07, 6.45) is 1.44. The number of benzene rings is 1. The van der Waals surface area contributed by atoms with Crippen LogP contribution in [0.15, 0.2) is 24.4 Å². The number of hydrogen-bond acceptors (Lipinski definition) is 3. The summed E-state index contributed by atoms with van der Waals surface area (Å²) < 4.78 is 12.7. The van der Waals surface area contributed by atoms with Crippen LogP contribution in [0.2, 0.25) is 5.02 Å². The van der Waals surface area contributed by atoms with Crippen molar-refractivity contribution in [3.05, 3.63) is 40.8 Å². The maximum Gasteiger partial charge on any atom is 0.165 e. The van der Waals surface area contributed by atoms with Gasteiger partial charge in [0.05, 0.1) is 12.7 Å². The lowest BCUT2D eigenvalue weighted by Gasteiger charge is -2.02. The summed E-state index contributed by atoms with van der Waals surface area (Å²) in [4.78, 5) is 1.40. The summed E-state index contributed by atoms with van der Waals surface area (Å²) >= 11 is 5.85. The lowest BCUT2D eigenvalue weighted by atomic mass is 10.2. The van der Waals surface area contributed by atoms with Crippen LogP contribution >= 0.6 is 11.6 Å². The molecule has 0 radical (unpaired) electrons. The molecule has 1 aromatic carbocycles. The molecule has 0 saturated carbocycles. The summed E-state index contributed by atoms with van der Waals surface area (Å²) in [7, 11) is 0. The molecular weight excluding hydrogens is 219 g/mol. The number of halogens is 2. The van der Waals surface area contributed by atoms with Crippen LogP contribution in [0.3, 0.4) is 0 Å². The van der Waals surface area contributed by atoms with Gasteiger partial charge in [0.1, 0.15) is 5.82 Å². The molecule has 0 aliphatic heterocycles. The third-order valence-corrected chi connectivity index (χ3v) is 2.23. The third-order valence-electron chi connectivity index (χ3n) is 1.88. The van der Waals surface area contributed by atoms with Gasteiger partial charge in [-0.25, -0.2) is 4.39 Å². The smallest absolute Gasteiger partial charge is 0.165 e. The Hall–Kier alpha value is -1.62. The lowest BCUT2D eigenvalue weighted by molar-refractivity contribution is 0.589. The quantitative estimate of drug-likeness (QED) is 0.848. The van der Waals surface area contributed by atoms with Crippen molar-refractivity contribution >= 4 is 17.4 Å². The van der Waals surface area contributed by atoms with Crippen molar-refractivity contribution in [1.82, 2.24) is 15.0 Å². The van der Waals surface area contributed by atoms with Crippen molar-refractivity contribution < 1.29 is 4.39 Å². The van der Waals surface area contributed by atoms with Crippen LogP contribution < -0.4 is 5.73 Å². The van der Waals surface area contributed by atoms with Crippen LogP contribution in [0.1, 0.15) is 5.56 Å². The largest absolute Gasteiger partial charge is 0.381 e. The van der Waals surface area contributed by atoms with Crippen molar-refractivity contribution in [3.63, 3.8) is 0 Å². The van der Waals surface area contributed by atoms with Crippen LogP contribution in [-0.4, -0.2) is 15.0 Å². The van der Waals surface area contributed by atoms with Gasteiger partial charge in [0.15, 0.2) is 5.82 Å². The molecule has 2 rings (SSSR count). The summed E-state index contributed by atoms with van der Waals surface area (Å²) in [5.41, 5.74) is 6.15. The fourth-order valence-corrected chi connectivity index (χ4v) is 1.42. The van der Waals surface area contributed by atoms with Gasteiger partial charge < -0.3 is 5.73 Å². The van der Waals surface area contributed by atoms with E-state index in [0.717, 1.165) is 5.56 Å². The fourth-order valence-electron chi connectivity index (χ4n) is 1.19. The molecule has 0 unspecified atom stereocenters. The first-order valence-corrected chi connectivity index (χ1v) is 4.62. The molecule has 4 nitrogen and oxygen atoms in total. The minimum atomic E-state index is -0.364. The zero-order valence-corrected chi connectivity index (χ0v) is 8.45. The van der Waals surface area contributed by atoms with E-state index in [1.807, 2.05) is 0 Å². The van der Waals surface area contributed by atoms with Crippen molar-refractivity contribution in [3.8, 4) is 0 Å². The molecular formula is C9H8ClFN4. The minimum absolute atomic E-state index is 0.341. The molecule has 0 aliphatic carbocycles. The fraction of sp³-hybridized carbons (Fsp3) is 0.111. The van der Waals surface area contributed by atoms with Crippen molar-refractivity contribution in [2.75, 3.05) is 5.73 Å². The second-order valence-corrected chi connectivity index (χ2v) is 3.44. The summed E-state index contributed by atoms with van der Waals surface area (Å²) in [5.74, 6) is -0.0232. The van der Waals surface area contributed by atoms with E-state index in [1.54, 1.807) is 6.07 Å². The predicted octanol–water partition coefficient (Wildman–Crippen LogP) is 1.70. The topological polar surface area (TPSA) is 56.7 Å². The molecule has 0 aliphatic rings. The van der Waals surface area contributed by atoms with E-state index < -0.39 is 0 Å². The number of nitrogens with two attached hydrogens (primary N) is 1. The highest BCUT2D eigenvalue weighted by Gasteiger charge is 2.04. The molecule has 2 aromatic rings. The van der Waals surface area contributed by atoms with Gasteiger partial charge in [-0.2, -0.15) is 9.90 Å². The van der Waals surface area contributed by atoms with Crippen LogP contribution in [0.5, 0.6) is 0 Å². The zero-order chi connectivity index (χ0) is 10.8. The summed E-state index contributed by atoms with van der Waals surface area (Å²) in [5, 5.41) is 8.16. The van der Waals surface area contributed by atoms with Crippen LogP contribution in [0, 0.1) is 5.82 Å². The molecule has 78 valence electrons. The van der Waals surface area contributed by atoms with Gasteiger partial charge >= 0.3 is 0 Å². The number of rotatable bonds is 2. The highest BCUT2D eigenvalue weighted by molar-refractivity contribution is 6.31. The predicted molar refractivity (Wildman–Crippen MR) is 54.9 cm³/mol. The Balaban J connectivity index is 2.24. The molecule has 0 spiro atoms. The second-order valence-electron chi connectivity index (χ2n) is 3.04. The normalized spacial score (nSPS) is 10.5. The van der Waals surface area contributed by atoms with Gasteiger partial charge in [-0.05, 0) is 17.7 Å². The molecule has 0 fully saturated rings. The Bertz CT molecular complexity index is 483. The summed E-state index contributed by atoms with van der Waals surface area (Å²) in [6, 6.07) is 4.19. The third kappa shape index (κ3) is 2.24. The van der Waals surface area contributed by atoms with E-state index in [0.29, 0.717) is 17.4 Å². The van der Waals surface area contributed by atoms with E-state index in [9.17, 15) is 4.39 Å². The highest BCUT2D eigenvalue weighted by Crippen LogP contribution is 2.17. The Kier molecular flexibility index (Phi) is 2.55. The number of nitrogens with zero attached hydrogens (tertiary/aromatic N) is 3. The van der Waals surface area contributed by atoms with E-state index >= 15 is 0 Å². The molecule has 1 heterocycles. The van der Waals surface area contributed by atoms with E-state index in [-0.39, 0.29) is 5.82 Å². The molecule has 1 aromatic heterocycles. The number of nitrogen functional groups attached to an aromatic ring is 1. The maximum absolute atomic E-state index is 12.7. The Labute approximate surface area is 90.5 Å². The van der Waals surface area contributed by atoms with Gasteiger partial charge in [-0.3, -0.25) is 0 Å². The van der Waals surface area contributed by atoms with E-state index in [2.05, 4.69) is 10.2 Å². The molecule has 15 heavy (non-hydrogen) atoms. The van der Waals surface area contributed by atoms with Gasteiger partial charge in [0.25, 0.3) is 0 Å². The monoisotopic (exact) mass is 226 g/mol. The van der Waals surface area contributed by atoms with Crippen molar-refractivity contribution in [2.24, 2.45) is 0 Å². The van der Waals surface area contributed by atoms with Gasteiger partial charge in [0, 0.05) is 5.02 Å². The number of aromatic nitrogens is 3. The van der Waals surface area contributed by atoms with Crippen LogP contribution in [-0.2, 0) is 6.54 Å². The first kappa shape index (κ1) is 9.92. The van der Waals surface area contributed by atoms with Gasteiger partial charge in [0.2, 0.25) is 0 Å². The lowest BCUT2D eigenvalue weighted by Crippen LogP contribution is -2.04. The Morgan fingerprint density at radius 3 is 2.87 bits per heavy atom. The molecule has 0 atom stereocenters. The molecule has 0 bridgehead atoms. The minimum Gasteiger partial charge on any atom is -0.381 e. The number of anilines is 1. The molecule has 6 heteroatoms. The molecule has 2 N–H and O–H groups in total. The Morgan fingerprint density at radius 2 is 2.27 bits per heavy atom. The number of hydrogen-bond donors (Lipinski definition) is 1. The van der Waals surface area contributed by atoms with Gasteiger partial charge in [-0.15, -0.1) is 5.10 Å². The highest BCUT2D eigenvalue weighted by atomic mass is 35.5. The average molecular weight is 227 g/mol. The van der Waals surface area contributed by atoms with Crippen LogP contribution in [0.25, 0.3) is 0 Å². The van der Waals surface area contributed by atoms with E-state index in [1.165, 1.54) is 23.1 Å². The average Bonchev–Trinajstić information content (AvgIpc) is 2.56. The maximum atomic E-state index is 12.7. The zero-order valence-electron chi connectivity index (χ0n) is 7.69. The van der Waals surface area contributed by atoms with E-state index in [4.69, 9.17) is 17.3 Å². The summed E-state index contributed by atoms with van der Waals surface area (Å²) in [6.45, 7) is 0.371. The SMILES string of the molecule is Nc1cnn(Cc2ccc(F)cc2Cl)n1. The van der Waals surface area contributed by atoms with Crippen molar-refractivity contribution in [2.45, 2.75) is 6.54 Å². The standard InChI is InChI=1S/C9H8ClFN4/c10-8-3-7(11)2-1-6(8)5-15-13-4-9(12)14-15/h1-4H,5H2,(H2,12,14). The van der Waals surface area contributed by atoms with Crippen molar-refractivity contribution in [1.29, 1.82) is 0 Å². The van der Waals surface area contributed by atoms with Crippen LogP contribution in [0.4, 0.5) is 10.2 Å². The van der Waals surface area contributed by atoms with Gasteiger partial charge in [-0.1, -0.05) is 17.7 Å². The first-order valence-electron chi connectivity index (χ1n) is 4.24. The Morgan fingerprint density at radius 1 is 1.47 bits per heavy atom. The second kappa shape index (κ2) is 3.86. The molecule has 0 saturated heterocycles. The first-order chi connectivity index (χ1) is 7.15.